The molecule has 2 aliphatic rings. The van der Waals surface area contributed by atoms with Gasteiger partial charge in [0.2, 0.25) is 5.78 Å². The maximum atomic E-state index is 12.8. The molecule has 2 aromatic rings. The maximum Gasteiger partial charge on any atom is 0.204 e. The van der Waals surface area contributed by atoms with Crippen LogP contribution < -0.4 is 4.90 Å². The topological polar surface area (TPSA) is 65.8 Å². The van der Waals surface area contributed by atoms with Gasteiger partial charge in [0.05, 0.1) is 17.6 Å². The van der Waals surface area contributed by atoms with E-state index in [0.29, 0.717) is 30.1 Å². The molecule has 1 fully saturated rings. The molecule has 5 heteroatoms. The fourth-order valence-corrected chi connectivity index (χ4v) is 3.22. The van der Waals surface area contributed by atoms with Gasteiger partial charge in [0, 0.05) is 24.2 Å². The van der Waals surface area contributed by atoms with Crippen molar-refractivity contribution in [2.75, 3.05) is 11.4 Å². The Morgan fingerprint density at radius 2 is 2.04 bits per heavy atom. The Bertz CT molecular complexity index is 842. The molecule has 1 aromatic carbocycles. The number of hydrogen-bond acceptors (Lipinski definition) is 5. The molecule has 116 valence electrons. The number of rotatable bonds is 1. The van der Waals surface area contributed by atoms with Crippen LogP contribution in [0.2, 0.25) is 0 Å². The van der Waals surface area contributed by atoms with E-state index in [2.05, 4.69) is 9.98 Å². The second-order valence-electron chi connectivity index (χ2n) is 6.20. The van der Waals surface area contributed by atoms with Crippen LogP contribution in [0.25, 0.3) is 0 Å². The normalized spacial score (nSPS) is 22.7. The average molecular weight is 307 g/mol. The van der Waals surface area contributed by atoms with E-state index in [0.717, 1.165) is 16.9 Å². The lowest BCUT2D eigenvalue weighted by molar-refractivity contribution is 0.0602. The minimum Gasteiger partial charge on any atom is -0.374 e. The van der Waals surface area contributed by atoms with Gasteiger partial charge in [-0.15, -0.1) is 0 Å². The number of aliphatic imine (C=N–C) groups is 1. The first kappa shape index (κ1) is 14.1. The molecule has 23 heavy (non-hydrogen) atoms. The Hall–Kier alpha value is -2.53. The van der Waals surface area contributed by atoms with Gasteiger partial charge in [-0.05, 0) is 38.1 Å². The number of ketones is 1. The van der Waals surface area contributed by atoms with Crippen molar-refractivity contribution in [1.29, 1.82) is 0 Å². The second-order valence-corrected chi connectivity index (χ2v) is 6.20. The molecule has 0 radical (unpaired) electrons. The number of pyridine rings is 1. The molecule has 0 bridgehead atoms. The Morgan fingerprint density at radius 3 is 2.78 bits per heavy atom. The fraction of sp³-hybridized carbons (Fsp3) is 0.278. The number of carbonyl (C=O) groups is 1. The Morgan fingerprint density at radius 1 is 1.22 bits per heavy atom. The van der Waals surface area contributed by atoms with E-state index in [1.807, 2.05) is 43.0 Å². The Kier molecular flexibility index (Phi) is 2.90. The molecule has 0 unspecified atom stereocenters. The molecular weight excluding hydrogens is 290 g/mol. The number of carbonyl (C=O) groups excluding carboxylic acids is 1. The van der Waals surface area contributed by atoms with Crippen molar-refractivity contribution < 1.29 is 9.90 Å². The lowest BCUT2D eigenvalue weighted by Crippen LogP contribution is -2.48. The molecule has 1 atom stereocenters. The van der Waals surface area contributed by atoms with Gasteiger partial charge in [-0.3, -0.25) is 9.78 Å². The number of benzene rings is 1. The quantitative estimate of drug-likeness (QED) is 0.879. The predicted molar refractivity (Wildman–Crippen MR) is 88.5 cm³/mol. The molecule has 5 nitrogen and oxygen atoms in total. The van der Waals surface area contributed by atoms with E-state index in [-0.39, 0.29) is 5.78 Å². The summed E-state index contributed by atoms with van der Waals surface area (Å²) in [7, 11) is 0. The summed E-state index contributed by atoms with van der Waals surface area (Å²) in [5, 5.41) is 11.0. The number of aliphatic hydroxyl groups is 1. The smallest absolute Gasteiger partial charge is 0.204 e. The highest BCUT2D eigenvalue weighted by atomic mass is 16.3. The highest BCUT2D eigenvalue weighted by Crippen LogP contribution is 2.39. The number of aryl methyl sites for hydroxylation is 2. The van der Waals surface area contributed by atoms with Crippen LogP contribution in [0.1, 0.15) is 28.0 Å². The molecule has 2 aliphatic heterocycles. The summed E-state index contributed by atoms with van der Waals surface area (Å²) < 4.78 is 0. The van der Waals surface area contributed by atoms with Gasteiger partial charge in [-0.1, -0.05) is 11.6 Å². The monoisotopic (exact) mass is 307 g/mol. The van der Waals surface area contributed by atoms with Crippen molar-refractivity contribution in [3.8, 4) is 0 Å². The van der Waals surface area contributed by atoms with Gasteiger partial charge in [0.25, 0.3) is 0 Å². The molecule has 0 aliphatic carbocycles. The molecule has 0 saturated carbocycles. The number of amidine groups is 1. The van der Waals surface area contributed by atoms with Crippen molar-refractivity contribution in [3.63, 3.8) is 0 Å². The zero-order chi connectivity index (χ0) is 16.2. The van der Waals surface area contributed by atoms with Crippen molar-refractivity contribution in [2.24, 2.45) is 4.99 Å². The number of hydrogen-bond donors (Lipinski definition) is 1. The molecule has 3 heterocycles. The van der Waals surface area contributed by atoms with E-state index in [1.165, 1.54) is 0 Å². The van der Waals surface area contributed by atoms with Crippen molar-refractivity contribution in [2.45, 2.75) is 25.9 Å². The van der Waals surface area contributed by atoms with E-state index < -0.39 is 5.60 Å². The standard InChI is InChI=1S/C18H17N3O2/c1-11-3-6-15-14(9-11)16(22)18(23)7-8-21(17(18)20-15)13-5-4-12(2)19-10-13/h3-6,9-10,23H,7-8H2,1-2H3/t18-/m1/s1. The average Bonchev–Trinajstić information content (AvgIpc) is 2.88. The van der Waals surface area contributed by atoms with Gasteiger partial charge >= 0.3 is 0 Å². The largest absolute Gasteiger partial charge is 0.374 e. The van der Waals surface area contributed by atoms with Crippen LogP contribution in [0.15, 0.2) is 41.5 Å². The molecule has 1 N–H and O–H groups in total. The van der Waals surface area contributed by atoms with E-state index in [9.17, 15) is 9.90 Å². The zero-order valence-electron chi connectivity index (χ0n) is 13.1. The SMILES string of the molecule is Cc1ccc2c(c1)C(=O)[C@]1(O)CCN(c3ccc(C)nc3)C1=N2. The van der Waals surface area contributed by atoms with E-state index >= 15 is 0 Å². The minimum absolute atomic E-state index is 0.260. The number of nitrogens with zero attached hydrogens (tertiary/aromatic N) is 3. The number of fused-ring (bicyclic) bond motifs is 2. The van der Waals surface area contributed by atoms with Crippen molar-refractivity contribution in [1.82, 2.24) is 4.98 Å². The number of aromatic nitrogens is 1. The van der Waals surface area contributed by atoms with E-state index in [4.69, 9.17) is 0 Å². The zero-order valence-corrected chi connectivity index (χ0v) is 13.1. The van der Waals surface area contributed by atoms with Crippen LogP contribution in [0.5, 0.6) is 0 Å². The summed E-state index contributed by atoms with van der Waals surface area (Å²) in [5.41, 5.74) is 2.33. The van der Waals surface area contributed by atoms with Gasteiger partial charge in [0.1, 0.15) is 5.84 Å². The first-order valence-corrected chi connectivity index (χ1v) is 7.66. The summed E-state index contributed by atoms with van der Waals surface area (Å²) in [6, 6.07) is 9.40. The second kappa shape index (κ2) is 4.73. The van der Waals surface area contributed by atoms with Gasteiger partial charge < -0.3 is 10.0 Å². The summed E-state index contributed by atoms with van der Waals surface area (Å²) in [4.78, 5) is 23.6. The van der Waals surface area contributed by atoms with Crippen LogP contribution in [-0.4, -0.2) is 33.9 Å². The van der Waals surface area contributed by atoms with Gasteiger partial charge in [-0.2, -0.15) is 0 Å². The molecular formula is C18H17N3O2. The first-order valence-electron chi connectivity index (χ1n) is 7.66. The Labute approximate surface area is 134 Å². The minimum atomic E-state index is -1.54. The molecule has 0 spiro atoms. The summed E-state index contributed by atoms with van der Waals surface area (Å²) in [5.74, 6) is 0.147. The Balaban J connectivity index is 1.85. The third-order valence-electron chi connectivity index (χ3n) is 4.53. The third-order valence-corrected chi connectivity index (χ3v) is 4.53. The van der Waals surface area contributed by atoms with Crippen LogP contribution in [-0.2, 0) is 0 Å². The summed E-state index contributed by atoms with van der Waals surface area (Å²) >= 11 is 0. The van der Waals surface area contributed by atoms with Crippen LogP contribution in [0.4, 0.5) is 11.4 Å². The van der Waals surface area contributed by atoms with Crippen molar-refractivity contribution >= 4 is 23.0 Å². The van der Waals surface area contributed by atoms with Gasteiger partial charge in [-0.25, -0.2) is 4.99 Å². The highest BCUT2D eigenvalue weighted by Gasteiger charge is 2.52. The van der Waals surface area contributed by atoms with Crippen molar-refractivity contribution in [3.05, 3.63) is 53.3 Å². The molecule has 1 saturated heterocycles. The molecule has 1 aromatic heterocycles. The molecule has 0 amide bonds. The number of Topliss-reactive ketones (excluding diaryl/α,β-unsaturated/α-hetero) is 1. The third kappa shape index (κ3) is 2.00. The summed E-state index contributed by atoms with van der Waals surface area (Å²) in [6.45, 7) is 4.39. The maximum absolute atomic E-state index is 12.8. The predicted octanol–water partition coefficient (Wildman–Crippen LogP) is 2.57. The number of anilines is 1. The summed E-state index contributed by atoms with van der Waals surface area (Å²) in [6.07, 6.45) is 2.09. The van der Waals surface area contributed by atoms with Crippen LogP contribution in [0, 0.1) is 13.8 Å². The highest BCUT2D eigenvalue weighted by molar-refractivity contribution is 6.28. The molecule has 4 rings (SSSR count). The lowest BCUT2D eigenvalue weighted by Gasteiger charge is -2.29. The van der Waals surface area contributed by atoms with Gasteiger partial charge in [0.15, 0.2) is 5.60 Å². The fourth-order valence-electron chi connectivity index (χ4n) is 3.22. The van der Waals surface area contributed by atoms with Crippen LogP contribution >= 0.6 is 0 Å². The first-order chi connectivity index (χ1) is 11.0. The van der Waals surface area contributed by atoms with Crippen LogP contribution in [0.3, 0.4) is 0 Å². The van der Waals surface area contributed by atoms with E-state index in [1.54, 1.807) is 12.3 Å². The lowest BCUT2D eigenvalue weighted by atomic mass is 9.87.